The maximum Gasteiger partial charge on any atom is 1.00 e. The third kappa shape index (κ3) is 7.81. The summed E-state index contributed by atoms with van der Waals surface area (Å²) in [5.41, 5.74) is -0.0445. The number of hydrogen-bond donors (Lipinski definition) is 1. The van der Waals surface area contributed by atoms with Crippen molar-refractivity contribution in [2.75, 3.05) is 6.61 Å². The molecule has 2 rings (SSSR count). The van der Waals surface area contributed by atoms with Gasteiger partial charge in [-0.15, -0.1) is 6.26 Å². The minimum atomic E-state index is -0.581. The largest absolute Gasteiger partial charge is 1.00 e. The van der Waals surface area contributed by atoms with Crippen LogP contribution in [0.3, 0.4) is 0 Å². The van der Waals surface area contributed by atoms with E-state index in [1.165, 1.54) is 18.9 Å². The van der Waals surface area contributed by atoms with Gasteiger partial charge in [0.05, 0.1) is 6.61 Å². The smallest absolute Gasteiger partial charge is 0.878 e. The summed E-state index contributed by atoms with van der Waals surface area (Å²) >= 11 is 0. The Morgan fingerprint density at radius 1 is 1.63 bits per heavy atom. The molecule has 0 amide bonds. The molecule has 7 heteroatoms. The van der Waals surface area contributed by atoms with Gasteiger partial charge in [-0.05, 0) is 19.8 Å². The quantitative estimate of drug-likeness (QED) is 0.276. The molecule has 0 unspecified atom stereocenters. The fourth-order valence-electron chi connectivity index (χ4n) is 1.20. The van der Waals surface area contributed by atoms with Crippen LogP contribution in [0.5, 0.6) is 0 Å². The van der Waals surface area contributed by atoms with Crippen LogP contribution in [-0.2, 0) is 9.53 Å². The van der Waals surface area contributed by atoms with Crippen molar-refractivity contribution in [3.63, 3.8) is 0 Å². The Morgan fingerprint density at radius 3 is 2.79 bits per heavy atom. The number of ether oxygens (including phenoxy) is 1. The molecule has 0 radical (unpaired) electrons. The normalized spacial score (nSPS) is 13.1. The first-order valence-electron chi connectivity index (χ1n) is 5.67. The van der Waals surface area contributed by atoms with Gasteiger partial charge in [-0.2, -0.15) is 0 Å². The van der Waals surface area contributed by atoms with Crippen LogP contribution in [0.25, 0.3) is 0 Å². The standard InChI is InChI=1S/C7H8N2O.C5H8O3.Na/c10-6-3-4-8-7(9-6)5-1-2-5;1-2-8-5(7)3-4-6;/h3-5H,1-2H2,(H,8,9,10);3-4,6H,2H2,1H3;/q;;+1/p-1. The van der Waals surface area contributed by atoms with Crippen molar-refractivity contribution in [3.8, 4) is 0 Å². The zero-order valence-electron chi connectivity index (χ0n) is 11.1. The van der Waals surface area contributed by atoms with Crippen LogP contribution < -0.4 is 40.2 Å². The van der Waals surface area contributed by atoms with Gasteiger partial charge in [0.15, 0.2) is 0 Å². The molecule has 1 aliphatic rings. The molecule has 1 aliphatic carbocycles. The maximum absolute atomic E-state index is 10.7. The Bertz CT molecular complexity index is 469. The van der Waals surface area contributed by atoms with Crippen molar-refractivity contribution in [1.82, 2.24) is 9.97 Å². The van der Waals surface area contributed by atoms with Gasteiger partial charge in [0, 0.05) is 24.3 Å². The number of nitrogens with one attached hydrogen (secondary N) is 1. The van der Waals surface area contributed by atoms with Gasteiger partial charge in [-0.25, -0.2) is 9.78 Å². The van der Waals surface area contributed by atoms with Crippen molar-refractivity contribution in [1.29, 1.82) is 0 Å². The van der Waals surface area contributed by atoms with Crippen molar-refractivity contribution in [2.45, 2.75) is 25.7 Å². The average molecular weight is 274 g/mol. The van der Waals surface area contributed by atoms with E-state index in [1.807, 2.05) is 0 Å². The van der Waals surface area contributed by atoms with E-state index in [2.05, 4.69) is 14.7 Å². The van der Waals surface area contributed by atoms with E-state index in [0.29, 0.717) is 18.8 Å². The van der Waals surface area contributed by atoms with E-state index in [0.717, 1.165) is 11.9 Å². The second-order valence-corrected chi connectivity index (χ2v) is 3.65. The molecule has 0 spiro atoms. The molecule has 0 saturated heterocycles. The van der Waals surface area contributed by atoms with Crippen LogP contribution in [-0.4, -0.2) is 22.5 Å². The first-order chi connectivity index (χ1) is 8.67. The molecule has 0 aliphatic heterocycles. The second kappa shape index (κ2) is 9.77. The molecule has 1 saturated carbocycles. The summed E-state index contributed by atoms with van der Waals surface area (Å²) in [7, 11) is 0. The molecule has 1 aromatic rings. The third-order valence-electron chi connectivity index (χ3n) is 2.15. The number of esters is 1. The molecule has 1 N–H and O–H groups in total. The van der Waals surface area contributed by atoms with E-state index in [9.17, 15) is 14.7 Å². The Hall–Kier alpha value is -1.11. The summed E-state index contributed by atoms with van der Waals surface area (Å²) in [6.07, 6.45) is 5.15. The van der Waals surface area contributed by atoms with Crippen LogP contribution in [0, 0.1) is 0 Å². The molecular weight excluding hydrogens is 259 g/mol. The van der Waals surface area contributed by atoms with E-state index >= 15 is 0 Å². The number of rotatable bonds is 3. The van der Waals surface area contributed by atoms with Gasteiger partial charge >= 0.3 is 35.5 Å². The summed E-state index contributed by atoms with van der Waals surface area (Å²) in [4.78, 5) is 27.6. The molecular formula is C12H15N2NaO4. The second-order valence-electron chi connectivity index (χ2n) is 3.65. The van der Waals surface area contributed by atoms with Crippen LogP contribution in [0.4, 0.5) is 0 Å². The molecule has 0 atom stereocenters. The molecule has 19 heavy (non-hydrogen) atoms. The van der Waals surface area contributed by atoms with Crippen molar-refractivity contribution < 1.29 is 44.2 Å². The van der Waals surface area contributed by atoms with Crippen LogP contribution in [0.1, 0.15) is 31.5 Å². The monoisotopic (exact) mass is 274 g/mol. The van der Waals surface area contributed by atoms with Crippen molar-refractivity contribution in [3.05, 3.63) is 40.8 Å². The number of hydrogen-bond acceptors (Lipinski definition) is 5. The zero-order chi connectivity index (χ0) is 13.4. The van der Waals surface area contributed by atoms with Gasteiger partial charge in [0.25, 0.3) is 5.56 Å². The topological polar surface area (TPSA) is 95.1 Å². The predicted octanol–water partition coefficient (Wildman–Crippen LogP) is -2.93. The minimum absolute atomic E-state index is 0. The van der Waals surface area contributed by atoms with E-state index < -0.39 is 5.97 Å². The molecule has 0 bridgehead atoms. The predicted molar refractivity (Wildman–Crippen MR) is 62.6 cm³/mol. The van der Waals surface area contributed by atoms with E-state index in [-0.39, 0.29) is 35.1 Å². The Kier molecular flexibility index (Phi) is 9.20. The molecule has 6 nitrogen and oxygen atoms in total. The number of carbonyl (C=O) groups excluding carboxylic acids is 1. The Morgan fingerprint density at radius 2 is 2.32 bits per heavy atom. The van der Waals surface area contributed by atoms with Crippen LogP contribution in [0.2, 0.25) is 0 Å². The summed E-state index contributed by atoms with van der Waals surface area (Å²) in [6.45, 7) is 1.99. The van der Waals surface area contributed by atoms with Gasteiger partial charge in [-0.3, -0.25) is 4.79 Å². The Balaban J connectivity index is 0.000000335. The zero-order valence-corrected chi connectivity index (χ0v) is 13.1. The molecule has 1 heterocycles. The van der Waals surface area contributed by atoms with Gasteiger partial charge in [-0.1, -0.05) is 0 Å². The Labute approximate surface area is 133 Å². The van der Waals surface area contributed by atoms with Crippen molar-refractivity contribution >= 4 is 5.97 Å². The van der Waals surface area contributed by atoms with Crippen LogP contribution in [0.15, 0.2) is 29.4 Å². The van der Waals surface area contributed by atoms with Gasteiger partial charge in [0.1, 0.15) is 5.82 Å². The summed E-state index contributed by atoms with van der Waals surface area (Å²) < 4.78 is 4.36. The van der Waals surface area contributed by atoms with Gasteiger partial charge < -0.3 is 14.8 Å². The first kappa shape index (κ1) is 17.9. The van der Waals surface area contributed by atoms with E-state index in [4.69, 9.17) is 0 Å². The summed E-state index contributed by atoms with van der Waals surface area (Å²) in [5, 5.41) is 9.53. The fraction of sp³-hybridized carbons (Fsp3) is 0.417. The number of aromatic nitrogens is 2. The molecule has 1 aromatic heterocycles. The molecule has 1 fully saturated rings. The van der Waals surface area contributed by atoms with Crippen molar-refractivity contribution in [2.24, 2.45) is 0 Å². The number of nitrogens with zero attached hydrogens (tertiary/aromatic N) is 1. The fourth-order valence-corrected chi connectivity index (χ4v) is 1.20. The van der Waals surface area contributed by atoms with Gasteiger partial charge in [0.2, 0.25) is 0 Å². The number of carbonyl (C=O) groups is 1. The number of H-pyrrole nitrogens is 1. The SMILES string of the molecule is CCOC(=O)C=C[O-].O=c1ccnc(C2CC2)[nH]1.[Na+]. The summed E-state index contributed by atoms with van der Waals surface area (Å²) in [5.74, 6) is 0.809. The maximum atomic E-state index is 10.7. The molecule has 0 aromatic carbocycles. The average Bonchev–Trinajstić information content (AvgIpc) is 3.14. The minimum Gasteiger partial charge on any atom is -0.878 e. The molecule has 98 valence electrons. The first-order valence-corrected chi connectivity index (χ1v) is 5.67. The van der Waals surface area contributed by atoms with E-state index in [1.54, 1.807) is 13.1 Å². The summed E-state index contributed by atoms with van der Waals surface area (Å²) in [6, 6.07) is 1.44. The van der Waals surface area contributed by atoms with Crippen LogP contribution >= 0.6 is 0 Å². The third-order valence-corrected chi connectivity index (χ3v) is 2.15. The number of aromatic amines is 1.